The van der Waals surface area contributed by atoms with E-state index in [0.717, 1.165) is 108 Å². The summed E-state index contributed by atoms with van der Waals surface area (Å²) in [6.45, 7) is 11.9. The second kappa shape index (κ2) is 69.4. The largest absolute Gasteiger partial charge is 0.472 e. The molecule has 0 aromatic heterocycles. The monoisotopic (exact) mass is 1440 g/mol. The fraction of sp³-hybridized carbons (Fsp3) is 0.949. The number of hydrogen-bond acceptors (Lipinski definition) is 15. The molecular weight excluding hydrogens is 1280 g/mol. The summed E-state index contributed by atoms with van der Waals surface area (Å²) in [5.41, 5.74) is 0. The van der Waals surface area contributed by atoms with Crippen molar-refractivity contribution >= 4 is 39.5 Å². The Morgan fingerprint density at radius 2 is 0.469 bits per heavy atom. The van der Waals surface area contributed by atoms with Gasteiger partial charge in [0.15, 0.2) is 12.2 Å². The molecule has 17 nitrogen and oxygen atoms in total. The summed E-state index contributed by atoms with van der Waals surface area (Å²) in [5, 5.41) is 10.6. The van der Waals surface area contributed by atoms with Gasteiger partial charge in [0.25, 0.3) is 0 Å². The summed E-state index contributed by atoms with van der Waals surface area (Å²) in [6, 6.07) is 0. The van der Waals surface area contributed by atoms with Gasteiger partial charge < -0.3 is 33.8 Å². The topological polar surface area (TPSA) is 237 Å². The third-order valence-electron chi connectivity index (χ3n) is 18.4. The van der Waals surface area contributed by atoms with E-state index in [-0.39, 0.29) is 25.7 Å². The highest BCUT2D eigenvalue weighted by atomic mass is 31.2. The molecule has 0 amide bonds. The molecule has 19 heteroatoms. The van der Waals surface area contributed by atoms with Gasteiger partial charge in [-0.25, -0.2) is 9.13 Å². The van der Waals surface area contributed by atoms with Crippen LogP contribution in [-0.4, -0.2) is 96.7 Å². The second-order valence-electron chi connectivity index (χ2n) is 29.9. The highest BCUT2D eigenvalue weighted by Crippen LogP contribution is 2.45. The van der Waals surface area contributed by atoms with Gasteiger partial charge in [-0.3, -0.25) is 37.3 Å². The zero-order valence-electron chi connectivity index (χ0n) is 64.3. The van der Waals surface area contributed by atoms with E-state index in [1.54, 1.807) is 0 Å². The first-order valence-corrected chi connectivity index (χ1v) is 43.8. The lowest BCUT2D eigenvalue weighted by Gasteiger charge is -2.21. The van der Waals surface area contributed by atoms with Crippen LogP contribution in [0.5, 0.6) is 0 Å². The number of unbranched alkanes of at least 4 members (excludes halogenated alkanes) is 45. The van der Waals surface area contributed by atoms with Gasteiger partial charge in [0.1, 0.15) is 19.3 Å². The molecule has 0 saturated carbocycles. The quantitative estimate of drug-likeness (QED) is 0.0222. The Morgan fingerprint density at radius 3 is 0.694 bits per heavy atom. The van der Waals surface area contributed by atoms with Gasteiger partial charge in [-0.1, -0.05) is 357 Å². The van der Waals surface area contributed by atoms with Gasteiger partial charge in [0.2, 0.25) is 0 Å². The van der Waals surface area contributed by atoms with Gasteiger partial charge in [0, 0.05) is 25.7 Å². The minimum absolute atomic E-state index is 0.105. The predicted molar refractivity (Wildman–Crippen MR) is 400 cm³/mol. The van der Waals surface area contributed by atoms with Crippen molar-refractivity contribution in [2.24, 2.45) is 17.8 Å². The maximum Gasteiger partial charge on any atom is 0.472 e. The molecule has 0 fully saturated rings. The fourth-order valence-electron chi connectivity index (χ4n) is 12.1. The van der Waals surface area contributed by atoms with Crippen molar-refractivity contribution in [1.29, 1.82) is 0 Å². The number of hydrogen-bond donors (Lipinski definition) is 3. The SMILES string of the molecule is CCCCCCCCCCCCCCCCCCCCCCCC(=O)O[C@H](COC(=O)CCCCCCCCCCCCCC(C)C)COP(=O)(O)OC[C@@H](O)COP(=O)(O)OC[C@@H](COC(=O)CCCCCCCCCC(C)C)OC(=O)CCCCCCCCCCCCC(C)C. The van der Waals surface area contributed by atoms with E-state index in [4.69, 9.17) is 37.0 Å². The molecule has 582 valence electrons. The third-order valence-corrected chi connectivity index (χ3v) is 20.3. The summed E-state index contributed by atoms with van der Waals surface area (Å²) >= 11 is 0. The van der Waals surface area contributed by atoms with Crippen LogP contribution in [0, 0.1) is 17.8 Å². The molecule has 0 spiro atoms. The molecule has 0 aromatic rings. The fourth-order valence-corrected chi connectivity index (χ4v) is 13.7. The van der Waals surface area contributed by atoms with Crippen LogP contribution in [0.15, 0.2) is 0 Å². The number of ether oxygens (including phenoxy) is 4. The molecule has 3 N–H and O–H groups in total. The van der Waals surface area contributed by atoms with Gasteiger partial charge in [0.05, 0.1) is 26.4 Å². The van der Waals surface area contributed by atoms with Crippen molar-refractivity contribution in [1.82, 2.24) is 0 Å². The van der Waals surface area contributed by atoms with Crippen molar-refractivity contribution in [2.45, 2.75) is 426 Å². The molecular formula is C79H154O17P2. The molecule has 0 rings (SSSR count). The molecule has 5 atom stereocenters. The maximum atomic E-state index is 13.1. The van der Waals surface area contributed by atoms with Crippen LogP contribution in [0.1, 0.15) is 408 Å². The standard InChI is InChI=1S/C79H154O17P2/c1-8-9-10-11-12-13-14-15-16-17-18-19-20-21-22-23-26-33-40-48-55-62-78(83)95-74(66-89-76(81)60-53-46-39-32-27-24-25-30-36-43-50-57-70(2)3)68-93-97(85,86)91-64-73(80)65-92-98(87,88)94-69-75(67-90-77(82)61-54-47-42-35-38-45-52-59-72(6)7)96-79(84)63-56-49-41-34-29-28-31-37-44-51-58-71(4)5/h70-75,80H,8-69H2,1-7H3,(H,85,86)(H,87,88)/t73-,74-,75-/m1/s1. The summed E-state index contributed by atoms with van der Waals surface area (Å²) in [4.78, 5) is 72.9. The minimum Gasteiger partial charge on any atom is -0.462 e. The predicted octanol–water partition coefficient (Wildman–Crippen LogP) is 23.4. The zero-order chi connectivity index (χ0) is 72.3. The Kier molecular flexibility index (Phi) is 68.1. The van der Waals surface area contributed by atoms with Crippen molar-refractivity contribution in [3.8, 4) is 0 Å². The Hall–Kier alpha value is -1.94. The van der Waals surface area contributed by atoms with E-state index in [0.29, 0.717) is 31.6 Å². The van der Waals surface area contributed by atoms with E-state index in [1.807, 2.05) is 0 Å². The third kappa shape index (κ3) is 72.4. The van der Waals surface area contributed by atoms with Crippen LogP contribution in [0.3, 0.4) is 0 Å². The van der Waals surface area contributed by atoms with E-state index in [2.05, 4.69) is 48.5 Å². The van der Waals surface area contributed by atoms with Crippen LogP contribution in [0.2, 0.25) is 0 Å². The number of rotatable bonds is 77. The lowest BCUT2D eigenvalue weighted by atomic mass is 10.0. The molecule has 0 saturated heterocycles. The molecule has 2 unspecified atom stereocenters. The molecule has 98 heavy (non-hydrogen) atoms. The van der Waals surface area contributed by atoms with Crippen LogP contribution < -0.4 is 0 Å². The average molecular weight is 1440 g/mol. The van der Waals surface area contributed by atoms with E-state index in [1.165, 1.54) is 212 Å². The molecule has 0 aromatic carbocycles. The molecule has 0 aliphatic heterocycles. The molecule has 0 radical (unpaired) electrons. The zero-order valence-corrected chi connectivity index (χ0v) is 66.0. The molecule has 0 aliphatic carbocycles. The lowest BCUT2D eigenvalue weighted by Crippen LogP contribution is -2.30. The van der Waals surface area contributed by atoms with E-state index in [9.17, 15) is 43.2 Å². The summed E-state index contributed by atoms with van der Waals surface area (Å²) in [7, 11) is -9.92. The van der Waals surface area contributed by atoms with Gasteiger partial charge in [-0.2, -0.15) is 0 Å². The Bertz CT molecular complexity index is 1900. The number of carbonyl (C=O) groups excluding carboxylic acids is 4. The highest BCUT2D eigenvalue weighted by molar-refractivity contribution is 7.47. The number of carbonyl (C=O) groups is 4. The van der Waals surface area contributed by atoms with Gasteiger partial charge >= 0.3 is 39.5 Å². The average Bonchev–Trinajstić information content (AvgIpc) is 1.02. The maximum absolute atomic E-state index is 13.1. The van der Waals surface area contributed by atoms with Crippen molar-refractivity contribution in [2.75, 3.05) is 39.6 Å². The smallest absolute Gasteiger partial charge is 0.462 e. The van der Waals surface area contributed by atoms with Gasteiger partial charge in [-0.05, 0) is 43.4 Å². The van der Waals surface area contributed by atoms with Crippen LogP contribution >= 0.6 is 15.6 Å². The Labute approximate surface area is 600 Å². The number of phosphoric acid groups is 2. The van der Waals surface area contributed by atoms with Crippen molar-refractivity contribution in [3.05, 3.63) is 0 Å². The molecule has 0 aliphatic rings. The minimum atomic E-state index is -4.96. The van der Waals surface area contributed by atoms with Crippen LogP contribution in [-0.2, 0) is 65.4 Å². The van der Waals surface area contributed by atoms with Crippen molar-refractivity contribution in [3.63, 3.8) is 0 Å². The number of esters is 4. The number of aliphatic hydroxyl groups is 1. The summed E-state index contributed by atoms with van der Waals surface area (Å²) in [6.07, 6.45) is 57.1. The summed E-state index contributed by atoms with van der Waals surface area (Å²) in [5.74, 6) is 0.112. The molecule has 0 heterocycles. The lowest BCUT2D eigenvalue weighted by molar-refractivity contribution is -0.161. The molecule has 0 bridgehead atoms. The van der Waals surface area contributed by atoms with E-state index >= 15 is 0 Å². The first kappa shape index (κ1) is 96.1. The van der Waals surface area contributed by atoms with Gasteiger partial charge in [-0.15, -0.1) is 0 Å². The number of aliphatic hydroxyl groups excluding tert-OH is 1. The normalized spacial score (nSPS) is 14.0. The summed E-state index contributed by atoms with van der Waals surface area (Å²) < 4.78 is 68.6. The first-order chi connectivity index (χ1) is 47.2. The van der Waals surface area contributed by atoms with Crippen molar-refractivity contribution < 1.29 is 80.2 Å². The Balaban J connectivity index is 5.21. The first-order valence-electron chi connectivity index (χ1n) is 40.8. The number of phosphoric ester groups is 2. The Morgan fingerprint density at radius 1 is 0.276 bits per heavy atom. The second-order valence-corrected chi connectivity index (χ2v) is 32.8. The highest BCUT2D eigenvalue weighted by Gasteiger charge is 2.30. The van der Waals surface area contributed by atoms with Crippen LogP contribution in [0.25, 0.3) is 0 Å². The van der Waals surface area contributed by atoms with Crippen LogP contribution in [0.4, 0.5) is 0 Å². The van der Waals surface area contributed by atoms with E-state index < -0.39 is 97.5 Å².